The molecular weight excluding hydrogens is 232 g/mol. The van der Waals surface area contributed by atoms with Crippen molar-refractivity contribution in [3.63, 3.8) is 0 Å². The molecule has 0 saturated heterocycles. The Morgan fingerprint density at radius 3 is 2.83 bits per heavy atom. The normalized spacial score (nSPS) is 10.3. The van der Waals surface area contributed by atoms with Gasteiger partial charge in [-0.25, -0.2) is 0 Å². The van der Waals surface area contributed by atoms with Gasteiger partial charge < -0.3 is 20.5 Å². The van der Waals surface area contributed by atoms with Gasteiger partial charge >= 0.3 is 0 Å². The second-order valence-electron chi connectivity index (χ2n) is 3.98. The van der Waals surface area contributed by atoms with Crippen LogP contribution < -0.4 is 11.1 Å². The number of ether oxygens (including phenoxy) is 2. The van der Waals surface area contributed by atoms with E-state index in [0.717, 1.165) is 11.3 Å². The van der Waals surface area contributed by atoms with Crippen LogP contribution in [0.1, 0.15) is 12.0 Å². The summed E-state index contributed by atoms with van der Waals surface area (Å²) < 4.78 is 10.1. The van der Waals surface area contributed by atoms with Crippen molar-refractivity contribution < 1.29 is 14.3 Å². The topological polar surface area (TPSA) is 73.6 Å². The third-order valence-electron chi connectivity index (χ3n) is 2.44. The Morgan fingerprint density at radius 2 is 2.11 bits per heavy atom. The Labute approximate surface area is 107 Å². The number of hydrogen-bond donors (Lipinski definition) is 2. The van der Waals surface area contributed by atoms with E-state index in [1.165, 1.54) is 0 Å². The average molecular weight is 252 g/mol. The molecule has 18 heavy (non-hydrogen) atoms. The van der Waals surface area contributed by atoms with Crippen LogP contribution in [0.15, 0.2) is 18.2 Å². The summed E-state index contributed by atoms with van der Waals surface area (Å²) in [6, 6.07) is 5.43. The van der Waals surface area contributed by atoms with Crippen molar-refractivity contribution in [2.45, 2.75) is 13.3 Å². The number of amides is 1. The third kappa shape index (κ3) is 5.16. The second kappa shape index (κ2) is 7.68. The number of rotatable bonds is 7. The van der Waals surface area contributed by atoms with E-state index in [1.54, 1.807) is 19.2 Å². The van der Waals surface area contributed by atoms with Gasteiger partial charge in [-0.15, -0.1) is 0 Å². The van der Waals surface area contributed by atoms with Gasteiger partial charge in [-0.2, -0.15) is 0 Å². The fraction of sp³-hybridized carbons (Fsp3) is 0.462. The summed E-state index contributed by atoms with van der Waals surface area (Å²) >= 11 is 0. The maximum Gasteiger partial charge on any atom is 0.226 e. The van der Waals surface area contributed by atoms with Crippen molar-refractivity contribution in [3.8, 4) is 0 Å². The predicted octanol–water partition coefficient (Wildman–Crippen LogP) is 1.57. The molecule has 0 aliphatic carbocycles. The Kier molecular flexibility index (Phi) is 6.18. The molecule has 0 aliphatic heterocycles. The highest BCUT2D eigenvalue weighted by Gasteiger charge is 2.05. The molecule has 0 spiro atoms. The predicted molar refractivity (Wildman–Crippen MR) is 71.5 cm³/mol. The lowest BCUT2D eigenvalue weighted by atomic mass is 10.2. The molecule has 1 aromatic carbocycles. The lowest BCUT2D eigenvalue weighted by molar-refractivity contribution is -0.117. The second-order valence-corrected chi connectivity index (χ2v) is 3.98. The summed E-state index contributed by atoms with van der Waals surface area (Å²) in [5, 5.41) is 2.81. The van der Waals surface area contributed by atoms with Crippen LogP contribution in [0.5, 0.6) is 0 Å². The van der Waals surface area contributed by atoms with Gasteiger partial charge in [0.25, 0.3) is 0 Å². The van der Waals surface area contributed by atoms with E-state index < -0.39 is 0 Å². The summed E-state index contributed by atoms with van der Waals surface area (Å²) in [4.78, 5) is 11.6. The van der Waals surface area contributed by atoms with E-state index in [1.807, 2.05) is 13.0 Å². The minimum atomic E-state index is -0.0823. The number of nitrogens with one attached hydrogen (secondary N) is 1. The number of anilines is 2. The number of aryl methyl sites for hydroxylation is 1. The van der Waals surface area contributed by atoms with Crippen LogP contribution in [0.2, 0.25) is 0 Å². The van der Waals surface area contributed by atoms with E-state index in [4.69, 9.17) is 15.2 Å². The number of hydrogen-bond acceptors (Lipinski definition) is 4. The zero-order valence-corrected chi connectivity index (χ0v) is 10.9. The molecule has 0 radical (unpaired) electrons. The number of carbonyl (C=O) groups is 1. The van der Waals surface area contributed by atoms with Gasteiger partial charge in [0.2, 0.25) is 5.91 Å². The maximum absolute atomic E-state index is 11.6. The van der Waals surface area contributed by atoms with Crippen LogP contribution in [-0.4, -0.2) is 32.8 Å². The molecule has 1 aromatic rings. The van der Waals surface area contributed by atoms with E-state index in [0.29, 0.717) is 31.9 Å². The molecule has 5 heteroatoms. The first-order valence-corrected chi connectivity index (χ1v) is 5.86. The van der Waals surface area contributed by atoms with Crippen molar-refractivity contribution in [2.24, 2.45) is 0 Å². The molecule has 1 rings (SSSR count). The van der Waals surface area contributed by atoms with Crippen molar-refractivity contribution in [3.05, 3.63) is 23.8 Å². The zero-order chi connectivity index (χ0) is 13.4. The molecule has 0 atom stereocenters. The van der Waals surface area contributed by atoms with Gasteiger partial charge in [0.1, 0.15) is 0 Å². The summed E-state index contributed by atoms with van der Waals surface area (Å²) in [6.45, 7) is 3.34. The molecule has 0 saturated carbocycles. The van der Waals surface area contributed by atoms with E-state index in [9.17, 15) is 4.79 Å². The fourth-order valence-electron chi connectivity index (χ4n) is 1.40. The molecule has 3 N–H and O–H groups in total. The summed E-state index contributed by atoms with van der Waals surface area (Å²) in [6.07, 6.45) is 0.317. The van der Waals surface area contributed by atoms with Crippen molar-refractivity contribution >= 4 is 17.3 Å². The van der Waals surface area contributed by atoms with Gasteiger partial charge in [-0.1, -0.05) is 6.07 Å². The third-order valence-corrected chi connectivity index (χ3v) is 2.44. The van der Waals surface area contributed by atoms with Gasteiger partial charge in [-0.3, -0.25) is 4.79 Å². The largest absolute Gasteiger partial charge is 0.399 e. The van der Waals surface area contributed by atoms with Crippen molar-refractivity contribution in [1.82, 2.24) is 0 Å². The SMILES string of the molecule is COCCOCCC(=O)Nc1cc(N)ccc1C. The number of methoxy groups -OCH3 is 1. The van der Waals surface area contributed by atoms with Crippen LogP contribution in [0.3, 0.4) is 0 Å². The standard InChI is InChI=1S/C13H20N2O3/c1-10-3-4-11(14)9-12(10)15-13(16)5-6-18-8-7-17-2/h3-4,9H,5-8,14H2,1-2H3,(H,15,16). The molecule has 0 fully saturated rings. The molecule has 0 aliphatic rings. The molecule has 0 unspecified atom stereocenters. The molecule has 1 amide bonds. The Bertz CT molecular complexity index is 394. The lowest BCUT2D eigenvalue weighted by Gasteiger charge is -2.09. The Balaban J connectivity index is 2.33. The number of carbonyl (C=O) groups excluding carboxylic acids is 1. The number of benzene rings is 1. The highest BCUT2D eigenvalue weighted by atomic mass is 16.5. The van der Waals surface area contributed by atoms with E-state index >= 15 is 0 Å². The quantitative estimate of drug-likeness (QED) is 0.570. The van der Waals surface area contributed by atoms with Crippen molar-refractivity contribution in [2.75, 3.05) is 38.0 Å². The van der Waals surface area contributed by atoms with Gasteiger partial charge in [-0.05, 0) is 24.6 Å². The van der Waals surface area contributed by atoms with Crippen LogP contribution in [0, 0.1) is 6.92 Å². The highest BCUT2D eigenvalue weighted by Crippen LogP contribution is 2.18. The zero-order valence-electron chi connectivity index (χ0n) is 10.9. The smallest absolute Gasteiger partial charge is 0.226 e. The highest BCUT2D eigenvalue weighted by molar-refractivity contribution is 5.92. The summed E-state index contributed by atoms with van der Waals surface area (Å²) in [5.41, 5.74) is 8.03. The van der Waals surface area contributed by atoms with Gasteiger partial charge in [0, 0.05) is 18.5 Å². The average Bonchev–Trinajstić information content (AvgIpc) is 2.33. The molecule has 0 heterocycles. The number of nitrogens with two attached hydrogens (primary N) is 1. The molecular formula is C13H20N2O3. The van der Waals surface area contributed by atoms with E-state index in [2.05, 4.69) is 5.32 Å². The number of nitrogen functional groups attached to an aromatic ring is 1. The first-order chi connectivity index (χ1) is 8.63. The van der Waals surface area contributed by atoms with Crippen LogP contribution in [0.4, 0.5) is 11.4 Å². The summed E-state index contributed by atoms with van der Waals surface area (Å²) in [7, 11) is 1.61. The van der Waals surface area contributed by atoms with Crippen molar-refractivity contribution in [1.29, 1.82) is 0 Å². The summed E-state index contributed by atoms with van der Waals surface area (Å²) in [5.74, 6) is -0.0823. The molecule has 0 aromatic heterocycles. The van der Waals surface area contributed by atoms with Gasteiger partial charge in [0.15, 0.2) is 0 Å². The molecule has 5 nitrogen and oxygen atoms in total. The first kappa shape index (κ1) is 14.5. The maximum atomic E-state index is 11.6. The monoisotopic (exact) mass is 252 g/mol. The van der Waals surface area contributed by atoms with E-state index in [-0.39, 0.29) is 5.91 Å². The molecule has 0 bridgehead atoms. The van der Waals surface area contributed by atoms with Crippen LogP contribution in [-0.2, 0) is 14.3 Å². The fourth-order valence-corrected chi connectivity index (χ4v) is 1.40. The van der Waals surface area contributed by atoms with Crippen LogP contribution in [0.25, 0.3) is 0 Å². The first-order valence-electron chi connectivity index (χ1n) is 5.86. The minimum absolute atomic E-state index is 0.0823. The Morgan fingerprint density at radius 1 is 1.33 bits per heavy atom. The van der Waals surface area contributed by atoms with Gasteiger partial charge in [0.05, 0.1) is 26.2 Å². The van der Waals surface area contributed by atoms with Crippen LogP contribution >= 0.6 is 0 Å². The Hall–Kier alpha value is -1.59. The molecule has 100 valence electrons. The minimum Gasteiger partial charge on any atom is -0.399 e. The lowest BCUT2D eigenvalue weighted by Crippen LogP contribution is -2.15.